The number of phenols is 1. The quantitative estimate of drug-likeness (QED) is 0.273. The van der Waals surface area contributed by atoms with Crippen LogP contribution >= 0.6 is 0 Å². The van der Waals surface area contributed by atoms with E-state index in [1.165, 1.54) is 12.5 Å². The van der Waals surface area contributed by atoms with Gasteiger partial charge in [-0.3, -0.25) is 9.35 Å². The molecule has 0 saturated carbocycles. The van der Waals surface area contributed by atoms with Gasteiger partial charge in [-0.1, -0.05) is 31.8 Å². The van der Waals surface area contributed by atoms with Crippen molar-refractivity contribution in [2.45, 2.75) is 56.3 Å². The molecule has 0 aliphatic rings. The summed E-state index contributed by atoms with van der Waals surface area (Å²) in [6.07, 6.45) is 9.60. The van der Waals surface area contributed by atoms with E-state index < -0.39 is 20.8 Å². The Kier molecular flexibility index (Phi) is 7.98. The summed E-state index contributed by atoms with van der Waals surface area (Å²) in [7, 11) is -4.48. The van der Waals surface area contributed by atoms with E-state index in [9.17, 15) is 18.3 Å². The van der Waals surface area contributed by atoms with E-state index >= 15 is 0 Å². The number of benzene rings is 1. The zero-order chi connectivity index (χ0) is 17.3. The van der Waals surface area contributed by atoms with Crippen LogP contribution in [0.5, 0.6) is 5.75 Å². The molecule has 0 radical (unpaired) electrons. The summed E-state index contributed by atoms with van der Waals surface area (Å²) in [5.41, 5.74) is 0.251. The van der Waals surface area contributed by atoms with E-state index in [1.54, 1.807) is 0 Å². The first-order valence-electron chi connectivity index (χ1n) is 7.81. The van der Waals surface area contributed by atoms with Gasteiger partial charge in [0.15, 0.2) is 5.78 Å². The number of aromatic hydroxyl groups is 1. The summed E-state index contributed by atoms with van der Waals surface area (Å²) >= 11 is 0. The third-order valence-corrected chi connectivity index (χ3v) is 4.52. The van der Waals surface area contributed by atoms with Gasteiger partial charge in [-0.2, -0.15) is 8.42 Å². The van der Waals surface area contributed by atoms with E-state index in [0.717, 1.165) is 50.7 Å². The molecule has 0 aliphatic heterocycles. The van der Waals surface area contributed by atoms with Crippen LogP contribution < -0.4 is 0 Å². The summed E-state index contributed by atoms with van der Waals surface area (Å²) in [5.74, 6) is -0.755. The third-order valence-electron chi connectivity index (χ3n) is 3.62. The smallest absolute Gasteiger partial charge is 0.298 e. The van der Waals surface area contributed by atoms with Gasteiger partial charge in [-0.05, 0) is 37.5 Å². The monoisotopic (exact) mass is 340 g/mol. The van der Waals surface area contributed by atoms with Gasteiger partial charge in [0, 0.05) is 12.0 Å². The number of phenolic OH excluding ortho intramolecular Hbond substituents is 1. The summed E-state index contributed by atoms with van der Waals surface area (Å²) in [6, 6.07) is 3.43. The highest BCUT2D eigenvalue weighted by molar-refractivity contribution is 7.86. The molecule has 0 fully saturated rings. The summed E-state index contributed by atoms with van der Waals surface area (Å²) in [6.45, 7) is 3.68. The number of carbonyl (C=O) groups is 1. The summed E-state index contributed by atoms with van der Waals surface area (Å²) in [5, 5.41) is 9.59. The number of allylic oxidation sites excluding steroid dienone is 1. The van der Waals surface area contributed by atoms with Crippen molar-refractivity contribution in [2.24, 2.45) is 0 Å². The van der Waals surface area contributed by atoms with Gasteiger partial charge >= 0.3 is 0 Å². The highest BCUT2D eigenvalue weighted by atomic mass is 32.2. The molecule has 128 valence electrons. The molecule has 0 spiro atoms. The first-order valence-corrected chi connectivity index (χ1v) is 9.25. The van der Waals surface area contributed by atoms with Crippen LogP contribution in [-0.4, -0.2) is 23.9 Å². The van der Waals surface area contributed by atoms with Gasteiger partial charge in [-0.25, -0.2) is 0 Å². The molecule has 23 heavy (non-hydrogen) atoms. The van der Waals surface area contributed by atoms with E-state index in [0.29, 0.717) is 6.42 Å². The summed E-state index contributed by atoms with van der Waals surface area (Å²) in [4.78, 5) is 11.4. The van der Waals surface area contributed by atoms with Crippen LogP contribution in [0.4, 0.5) is 0 Å². The van der Waals surface area contributed by atoms with E-state index in [2.05, 4.69) is 6.58 Å². The number of Topliss-reactive ketones (excluding diaryl/α,β-unsaturated/α-hetero) is 1. The predicted molar refractivity (Wildman–Crippen MR) is 89.4 cm³/mol. The van der Waals surface area contributed by atoms with Crippen molar-refractivity contribution in [1.29, 1.82) is 0 Å². The lowest BCUT2D eigenvalue weighted by Crippen LogP contribution is -2.02. The van der Waals surface area contributed by atoms with Crippen LogP contribution in [0, 0.1) is 0 Å². The molecule has 2 N–H and O–H groups in total. The fraction of sp³-hybridized carbons (Fsp3) is 0.471. The van der Waals surface area contributed by atoms with Crippen LogP contribution in [0.25, 0.3) is 0 Å². The zero-order valence-corrected chi connectivity index (χ0v) is 14.0. The van der Waals surface area contributed by atoms with E-state index in [1.807, 2.05) is 6.08 Å². The zero-order valence-electron chi connectivity index (χ0n) is 13.2. The minimum absolute atomic E-state index is 0.145. The highest BCUT2D eigenvalue weighted by Gasteiger charge is 2.17. The van der Waals surface area contributed by atoms with Crippen LogP contribution in [0.2, 0.25) is 0 Å². The maximum absolute atomic E-state index is 12.0. The number of unbranched alkanes of at least 4 members (excludes halogenated alkanes) is 6. The molecule has 0 aromatic heterocycles. The van der Waals surface area contributed by atoms with Crippen LogP contribution in [0.15, 0.2) is 35.7 Å². The maximum atomic E-state index is 12.0. The number of hydrogen-bond donors (Lipinski definition) is 2. The Morgan fingerprint density at radius 1 is 1.09 bits per heavy atom. The molecule has 5 nitrogen and oxygen atoms in total. The van der Waals surface area contributed by atoms with Crippen LogP contribution in [0.3, 0.4) is 0 Å². The van der Waals surface area contributed by atoms with E-state index in [-0.39, 0.29) is 11.3 Å². The second kappa shape index (κ2) is 9.47. The molecule has 1 aromatic rings. The van der Waals surface area contributed by atoms with Gasteiger partial charge in [0.1, 0.15) is 10.6 Å². The maximum Gasteiger partial charge on any atom is 0.298 e. The Hall–Kier alpha value is -1.66. The second-order valence-electron chi connectivity index (χ2n) is 5.53. The fourth-order valence-corrected chi connectivity index (χ4v) is 2.90. The molecule has 6 heteroatoms. The Labute approximate surface area is 137 Å². The predicted octanol–water partition coefficient (Wildman–Crippen LogP) is 4.13. The molecule has 0 atom stereocenters. The second-order valence-corrected chi connectivity index (χ2v) is 6.92. The van der Waals surface area contributed by atoms with Gasteiger partial charge in [0.05, 0.1) is 0 Å². The summed E-state index contributed by atoms with van der Waals surface area (Å²) < 4.78 is 30.9. The molecule has 0 heterocycles. The highest BCUT2D eigenvalue weighted by Crippen LogP contribution is 2.24. The van der Waals surface area contributed by atoms with Gasteiger partial charge in [0.2, 0.25) is 0 Å². The lowest BCUT2D eigenvalue weighted by Gasteiger charge is -2.05. The Bertz CT molecular complexity index is 634. The molecular formula is C17H24O5S. The number of ketones is 1. The number of hydrogen-bond acceptors (Lipinski definition) is 4. The van der Waals surface area contributed by atoms with E-state index in [4.69, 9.17) is 4.55 Å². The van der Waals surface area contributed by atoms with Gasteiger partial charge in [-0.15, -0.1) is 6.58 Å². The van der Waals surface area contributed by atoms with Crippen molar-refractivity contribution in [2.75, 3.05) is 0 Å². The Morgan fingerprint density at radius 2 is 1.70 bits per heavy atom. The minimum atomic E-state index is -4.48. The van der Waals surface area contributed by atoms with Crippen LogP contribution in [0.1, 0.15) is 61.7 Å². The molecule has 0 saturated heterocycles. The van der Waals surface area contributed by atoms with Crippen molar-refractivity contribution in [1.82, 2.24) is 0 Å². The van der Waals surface area contributed by atoms with Crippen molar-refractivity contribution in [3.8, 4) is 5.75 Å². The molecule has 1 rings (SSSR count). The number of carbonyl (C=O) groups excluding carboxylic acids is 1. The molecule has 0 unspecified atom stereocenters. The molecule has 0 bridgehead atoms. The lowest BCUT2D eigenvalue weighted by atomic mass is 10.0. The molecule has 0 amide bonds. The third kappa shape index (κ3) is 6.97. The van der Waals surface area contributed by atoms with Gasteiger partial charge in [0.25, 0.3) is 10.1 Å². The average molecular weight is 340 g/mol. The first kappa shape index (κ1) is 19.4. The van der Waals surface area contributed by atoms with Crippen molar-refractivity contribution >= 4 is 15.9 Å². The largest absolute Gasteiger partial charge is 0.506 e. The first-order chi connectivity index (χ1) is 10.9. The Morgan fingerprint density at radius 3 is 2.26 bits per heavy atom. The standard InChI is InChI=1S/C17H24O5S/c1-2-3-4-5-6-7-8-9-10-15(18)14-11-12-17(16(19)13-14)23(20,21)22/h2,11-13,19H,1,3-10H2,(H,20,21,22). The topological polar surface area (TPSA) is 91.7 Å². The average Bonchev–Trinajstić information content (AvgIpc) is 2.48. The number of rotatable bonds is 11. The normalized spacial score (nSPS) is 11.3. The van der Waals surface area contributed by atoms with Crippen molar-refractivity contribution < 1.29 is 22.9 Å². The van der Waals surface area contributed by atoms with Crippen molar-refractivity contribution in [3.63, 3.8) is 0 Å². The fourth-order valence-electron chi connectivity index (χ4n) is 2.33. The van der Waals surface area contributed by atoms with Gasteiger partial charge < -0.3 is 5.11 Å². The van der Waals surface area contributed by atoms with Crippen molar-refractivity contribution in [3.05, 3.63) is 36.4 Å². The SMILES string of the molecule is C=CCCCCCCCCC(=O)c1ccc(S(=O)(=O)O)c(O)c1. The molecular weight excluding hydrogens is 316 g/mol. The lowest BCUT2D eigenvalue weighted by molar-refractivity contribution is 0.0978. The molecule has 0 aliphatic carbocycles. The minimum Gasteiger partial charge on any atom is -0.506 e. The molecule has 1 aromatic carbocycles. The Balaban J connectivity index is 2.38. The van der Waals surface area contributed by atoms with Crippen LogP contribution in [-0.2, 0) is 10.1 Å².